The standard InChI is InChI=1S/C21H25N7O6S2/c1-12(29)28(14-5-3-2-4-13(14)8-22)16-17(32)26-9-21(19(33)34,10-35-18(16)26)11-36-20-23-24-25-27(20)7-6-15(30)31/h2-5,16,18H,6-11,22H2,1H3,(H,30,31)(H,33,34)/t16?,18-,21?/m1/s1. The van der Waals surface area contributed by atoms with E-state index >= 15 is 0 Å². The average Bonchev–Trinajstić information content (AvgIpc) is 3.31. The number of anilines is 1. The summed E-state index contributed by atoms with van der Waals surface area (Å²) in [5.41, 5.74) is 5.89. The lowest BCUT2D eigenvalue weighted by Crippen LogP contribution is -2.74. The van der Waals surface area contributed by atoms with E-state index in [-0.39, 0.29) is 54.7 Å². The zero-order valence-electron chi connectivity index (χ0n) is 19.3. The van der Waals surface area contributed by atoms with E-state index < -0.39 is 23.4 Å². The maximum Gasteiger partial charge on any atom is 0.313 e. The van der Waals surface area contributed by atoms with Gasteiger partial charge in [-0.3, -0.25) is 24.1 Å². The molecule has 0 saturated carbocycles. The summed E-state index contributed by atoms with van der Waals surface area (Å²) in [6, 6.07) is 6.39. The van der Waals surface area contributed by atoms with Gasteiger partial charge in [0.25, 0.3) is 0 Å². The number of hydrogen-bond acceptors (Lipinski definition) is 10. The number of aromatic nitrogens is 4. The summed E-state index contributed by atoms with van der Waals surface area (Å²) < 4.78 is 1.32. The molecule has 3 atom stereocenters. The van der Waals surface area contributed by atoms with Crippen LogP contribution in [0.3, 0.4) is 0 Å². The van der Waals surface area contributed by atoms with Crippen LogP contribution < -0.4 is 10.6 Å². The molecule has 2 aliphatic rings. The Morgan fingerprint density at radius 1 is 1.31 bits per heavy atom. The van der Waals surface area contributed by atoms with Gasteiger partial charge in [0, 0.05) is 37.2 Å². The molecular formula is C21H25N7O6S2. The first-order valence-corrected chi connectivity index (χ1v) is 13.1. The van der Waals surface area contributed by atoms with Crippen molar-refractivity contribution in [3.63, 3.8) is 0 Å². The number of nitrogens with zero attached hydrogens (tertiary/aromatic N) is 6. The topological polar surface area (TPSA) is 185 Å². The van der Waals surface area contributed by atoms with Gasteiger partial charge in [0.2, 0.25) is 17.0 Å². The summed E-state index contributed by atoms with van der Waals surface area (Å²) in [6.45, 7) is 1.62. The molecule has 4 rings (SSSR count). The Balaban J connectivity index is 1.50. The predicted octanol–water partition coefficient (Wildman–Crippen LogP) is 0.106. The number of aryl methyl sites for hydroxylation is 1. The Labute approximate surface area is 214 Å². The maximum absolute atomic E-state index is 13.3. The van der Waals surface area contributed by atoms with Crippen molar-refractivity contribution in [2.45, 2.75) is 43.0 Å². The Morgan fingerprint density at radius 2 is 2.06 bits per heavy atom. The minimum atomic E-state index is -1.27. The molecule has 2 amide bonds. The number of nitrogens with two attached hydrogens (primary N) is 1. The van der Waals surface area contributed by atoms with Crippen LogP contribution in [0.25, 0.3) is 0 Å². The smallest absolute Gasteiger partial charge is 0.313 e. The van der Waals surface area contributed by atoms with Gasteiger partial charge in [0.15, 0.2) is 0 Å². The fraction of sp³-hybridized carbons (Fsp3) is 0.476. The van der Waals surface area contributed by atoms with E-state index in [0.29, 0.717) is 10.8 Å². The van der Waals surface area contributed by atoms with Gasteiger partial charge in [-0.15, -0.1) is 16.9 Å². The minimum absolute atomic E-state index is 0.0245. The Bertz CT molecular complexity index is 1190. The molecule has 0 radical (unpaired) electrons. The van der Waals surface area contributed by atoms with Crippen molar-refractivity contribution in [2.75, 3.05) is 23.0 Å². The summed E-state index contributed by atoms with van der Waals surface area (Å²) in [5.74, 6) is -2.39. The monoisotopic (exact) mass is 535 g/mol. The van der Waals surface area contributed by atoms with Gasteiger partial charge in [0.1, 0.15) is 16.8 Å². The van der Waals surface area contributed by atoms with Crippen LogP contribution in [-0.2, 0) is 32.3 Å². The second-order valence-corrected chi connectivity index (χ2v) is 10.6. The van der Waals surface area contributed by atoms with Crippen LogP contribution in [0.1, 0.15) is 18.9 Å². The van der Waals surface area contributed by atoms with E-state index in [1.54, 1.807) is 18.2 Å². The summed E-state index contributed by atoms with van der Waals surface area (Å²) in [6.07, 6.45) is -0.177. The number of amides is 2. The number of para-hydroxylation sites is 1. The van der Waals surface area contributed by atoms with E-state index in [2.05, 4.69) is 15.5 Å². The first-order chi connectivity index (χ1) is 17.2. The highest BCUT2D eigenvalue weighted by Crippen LogP contribution is 2.46. The lowest BCUT2D eigenvalue weighted by Gasteiger charge is -2.56. The number of carbonyl (C=O) groups is 4. The van der Waals surface area contributed by atoms with Crippen molar-refractivity contribution in [3.8, 4) is 0 Å². The molecule has 2 saturated heterocycles. The van der Waals surface area contributed by atoms with Gasteiger partial charge in [-0.2, -0.15) is 0 Å². The number of thioether (sulfide) groups is 2. The fourth-order valence-electron chi connectivity index (χ4n) is 4.27. The molecule has 0 bridgehead atoms. The van der Waals surface area contributed by atoms with Crippen molar-refractivity contribution < 1.29 is 29.4 Å². The van der Waals surface area contributed by atoms with Gasteiger partial charge in [0.05, 0.1) is 13.0 Å². The van der Waals surface area contributed by atoms with E-state index in [9.17, 15) is 24.3 Å². The Morgan fingerprint density at radius 3 is 2.72 bits per heavy atom. The second-order valence-electron chi connectivity index (χ2n) is 8.54. The minimum Gasteiger partial charge on any atom is -0.481 e. The number of rotatable bonds is 10. The molecule has 2 aromatic rings. The van der Waals surface area contributed by atoms with Gasteiger partial charge >= 0.3 is 11.9 Å². The molecule has 0 aliphatic carbocycles. The summed E-state index contributed by atoms with van der Waals surface area (Å²) in [7, 11) is 0. The van der Waals surface area contributed by atoms with E-state index in [1.165, 1.54) is 33.2 Å². The normalized spacial score (nSPS) is 23.1. The van der Waals surface area contributed by atoms with Crippen LogP contribution in [-0.4, -0.2) is 88.5 Å². The van der Waals surface area contributed by atoms with Crippen LogP contribution in [0.4, 0.5) is 5.69 Å². The number of carboxylic acid groups (broad SMARTS) is 2. The number of hydrogen-bond donors (Lipinski definition) is 3. The van der Waals surface area contributed by atoms with Gasteiger partial charge < -0.3 is 20.8 Å². The number of benzene rings is 1. The van der Waals surface area contributed by atoms with E-state index in [4.69, 9.17) is 10.8 Å². The zero-order chi connectivity index (χ0) is 26.0. The van der Waals surface area contributed by atoms with Crippen LogP contribution in [0.2, 0.25) is 0 Å². The highest BCUT2D eigenvalue weighted by Gasteiger charge is 2.59. The van der Waals surface area contributed by atoms with Crippen LogP contribution in [0, 0.1) is 5.41 Å². The molecule has 192 valence electrons. The van der Waals surface area contributed by atoms with Crippen molar-refractivity contribution in [1.82, 2.24) is 25.1 Å². The second kappa shape index (κ2) is 10.4. The van der Waals surface area contributed by atoms with E-state index in [0.717, 1.165) is 17.3 Å². The fourth-order valence-corrected chi connectivity index (χ4v) is 7.07. The average molecular weight is 536 g/mol. The third kappa shape index (κ3) is 4.77. The molecule has 36 heavy (non-hydrogen) atoms. The summed E-state index contributed by atoms with van der Waals surface area (Å²) >= 11 is 2.42. The molecule has 2 aliphatic heterocycles. The van der Waals surface area contributed by atoms with Crippen LogP contribution >= 0.6 is 23.5 Å². The molecule has 1 aromatic carbocycles. The number of aliphatic carboxylic acids is 2. The van der Waals surface area contributed by atoms with Crippen molar-refractivity contribution in [1.29, 1.82) is 0 Å². The molecule has 0 spiro atoms. The first kappa shape index (κ1) is 25.9. The quantitative estimate of drug-likeness (QED) is 0.276. The molecule has 13 nitrogen and oxygen atoms in total. The number of fused-ring (bicyclic) bond motifs is 1. The Hall–Kier alpha value is -3.17. The van der Waals surface area contributed by atoms with E-state index in [1.807, 2.05) is 6.07 Å². The Kier molecular flexibility index (Phi) is 7.51. The SMILES string of the molecule is CC(=O)N(c1ccccc1CN)C1C(=O)N2CC(CSc3nnnn3CCC(=O)O)(C(=O)O)CS[C@H]12. The molecular weight excluding hydrogens is 510 g/mol. The zero-order valence-corrected chi connectivity index (χ0v) is 20.9. The molecule has 2 unspecified atom stereocenters. The first-order valence-electron chi connectivity index (χ1n) is 11.0. The van der Waals surface area contributed by atoms with Gasteiger partial charge in [-0.25, -0.2) is 4.68 Å². The highest BCUT2D eigenvalue weighted by atomic mass is 32.2. The largest absolute Gasteiger partial charge is 0.481 e. The molecule has 15 heteroatoms. The molecule has 4 N–H and O–H groups in total. The highest BCUT2D eigenvalue weighted by molar-refractivity contribution is 8.00. The summed E-state index contributed by atoms with van der Waals surface area (Å²) in [4.78, 5) is 52.1. The number of β-lactam (4-membered cyclic amide) rings is 1. The molecule has 1 aromatic heterocycles. The lowest BCUT2D eigenvalue weighted by atomic mass is 9.89. The van der Waals surface area contributed by atoms with Crippen molar-refractivity contribution in [3.05, 3.63) is 29.8 Å². The van der Waals surface area contributed by atoms with Gasteiger partial charge in [-0.05, 0) is 22.1 Å². The number of carbonyl (C=O) groups excluding carboxylic acids is 2. The van der Waals surface area contributed by atoms with Crippen molar-refractivity contribution in [2.24, 2.45) is 11.1 Å². The third-order valence-corrected chi connectivity index (χ3v) is 8.99. The lowest BCUT2D eigenvalue weighted by molar-refractivity contribution is -0.156. The predicted molar refractivity (Wildman–Crippen MR) is 130 cm³/mol. The number of tetrazole rings is 1. The van der Waals surface area contributed by atoms with Crippen LogP contribution in [0.5, 0.6) is 0 Å². The van der Waals surface area contributed by atoms with Crippen LogP contribution in [0.15, 0.2) is 29.4 Å². The third-order valence-electron chi connectivity index (χ3n) is 6.17. The molecule has 3 heterocycles. The van der Waals surface area contributed by atoms with Crippen molar-refractivity contribution >= 4 is 53.0 Å². The maximum atomic E-state index is 13.3. The van der Waals surface area contributed by atoms with Gasteiger partial charge in [-0.1, -0.05) is 30.0 Å². The summed E-state index contributed by atoms with van der Waals surface area (Å²) in [5, 5.41) is 30.1. The number of carboxylic acids is 2. The molecule has 2 fully saturated rings.